The normalized spacial score (nSPS) is 17.3. The third-order valence-corrected chi connectivity index (χ3v) is 4.98. The van der Waals surface area contributed by atoms with Gasteiger partial charge in [0.1, 0.15) is 5.75 Å². The number of aromatic nitrogens is 2. The molecule has 1 aliphatic heterocycles. The van der Waals surface area contributed by atoms with Gasteiger partial charge in [-0.15, -0.1) is 0 Å². The van der Waals surface area contributed by atoms with E-state index in [4.69, 9.17) is 9.26 Å². The van der Waals surface area contributed by atoms with Crippen molar-refractivity contribution in [1.29, 1.82) is 0 Å². The predicted molar refractivity (Wildman–Crippen MR) is 101 cm³/mol. The fraction of sp³-hybridized carbons (Fsp3) is 0.350. The number of amides is 1. The van der Waals surface area contributed by atoms with Gasteiger partial charge < -0.3 is 19.5 Å². The van der Waals surface area contributed by atoms with E-state index in [1.807, 2.05) is 49.1 Å². The van der Waals surface area contributed by atoms with Gasteiger partial charge in [0.2, 0.25) is 0 Å². The smallest absolute Gasteiger partial charge is 0.258 e. The van der Waals surface area contributed by atoms with Crippen molar-refractivity contribution in [3.05, 3.63) is 52.8 Å². The van der Waals surface area contributed by atoms with Gasteiger partial charge in [0.25, 0.3) is 11.6 Å². The minimum atomic E-state index is -0.119. The summed E-state index contributed by atoms with van der Waals surface area (Å²) in [6, 6.07) is 9.53. The van der Waals surface area contributed by atoms with Crippen LogP contribution in [0.15, 0.2) is 34.9 Å². The SMILES string of the molecule is COc1ccccc1C1CNCCN1C(=O)c1cc(C)nc2onc(C)c12. The fourth-order valence-corrected chi connectivity index (χ4v) is 3.71. The molecule has 3 aromatic rings. The van der Waals surface area contributed by atoms with E-state index in [0.717, 1.165) is 23.6 Å². The lowest BCUT2D eigenvalue weighted by Crippen LogP contribution is -2.48. The first-order valence-electron chi connectivity index (χ1n) is 8.98. The molecule has 1 fully saturated rings. The van der Waals surface area contributed by atoms with Crippen LogP contribution in [0.3, 0.4) is 0 Å². The van der Waals surface area contributed by atoms with Crippen LogP contribution in [0.1, 0.15) is 33.4 Å². The van der Waals surface area contributed by atoms with E-state index in [9.17, 15) is 4.79 Å². The number of hydrogen-bond donors (Lipinski definition) is 1. The topological polar surface area (TPSA) is 80.5 Å². The summed E-state index contributed by atoms with van der Waals surface area (Å²) in [5.74, 6) is 0.732. The van der Waals surface area contributed by atoms with Crippen LogP contribution in [0.4, 0.5) is 0 Å². The Labute approximate surface area is 157 Å². The Morgan fingerprint density at radius 3 is 2.96 bits per heavy atom. The van der Waals surface area contributed by atoms with Crippen LogP contribution in [0, 0.1) is 13.8 Å². The zero-order valence-corrected chi connectivity index (χ0v) is 15.7. The van der Waals surface area contributed by atoms with Crippen LogP contribution >= 0.6 is 0 Å². The van der Waals surface area contributed by atoms with Crippen molar-refractivity contribution in [1.82, 2.24) is 20.4 Å². The molecule has 4 rings (SSSR count). The summed E-state index contributed by atoms with van der Waals surface area (Å²) in [7, 11) is 1.65. The highest BCUT2D eigenvalue weighted by Crippen LogP contribution is 2.32. The van der Waals surface area contributed by atoms with Crippen molar-refractivity contribution in [2.24, 2.45) is 0 Å². The lowest BCUT2D eigenvalue weighted by Gasteiger charge is -2.37. The van der Waals surface area contributed by atoms with Gasteiger partial charge in [0.05, 0.1) is 29.8 Å². The number of para-hydroxylation sites is 1. The number of hydrogen-bond acceptors (Lipinski definition) is 6. The standard InChI is InChI=1S/C20H22N4O3/c1-12-10-15(18-13(2)23-27-19(18)22-12)20(25)24-9-8-21-11-16(24)14-6-4-5-7-17(14)26-3/h4-7,10,16,21H,8-9,11H2,1-3H3. The molecule has 0 spiro atoms. The molecule has 1 unspecified atom stereocenters. The number of carbonyl (C=O) groups is 1. The molecule has 1 aromatic carbocycles. The molecule has 3 heterocycles. The first kappa shape index (κ1) is 17.5. The number of carbonyl (C=O) groups excluding carboxylic acids is 1. The Morgan fingerprint density at radius 1 is 1.33 bits per heavy atom. The number of fused-ring (bicyclic) bond motifs is 1. The Balaban J connectivity index is 1.79. The molecule has 1 aliphatic rings. The minimum absolute atomic E-state index is 0.0470. The molecule has 1 amide bonds. The van der Waals surface area contributed by atoms with Gasteiger partial charge in [-0.2, -0.15) is 0 Å². The third-order valence-electron chi connectivity index (χ3n) is 4.98. The maximum Gasteiger partial charge on any atom is 0.258 e. The number of nitrogens with one attached hydrogen (secondary N) is 1. The van der Waals surface area contributed by atoms with Crippen molar-refractivity contribution in [3.8, 4) is 5.75 Å². The van der Waals surface area contributed by atoms with Gasteiger partial charge in [-0.05, 0) is 26.0 Å². The molecule has 0 aliphatic carbocycles. The molecule has 0 radical (unpaired) electrons. The van der Waals surface area contributed by atoms with Crippen molar-refractivity contribution in [2.75, 3.05) is 26.7 Å². The molecule has 2 aromatic heterocycles. The van der Waals surface area contributed by atoms with Crippen LogP contribution in [-0.4, -0.2) is 47.7 Å². The monoisotopic (exact) mass is 366 g/mol. The molecule has 7 heteroatoms. The van der Waals surface area contributed by atoms with E-state index in [0.29, 0.717) is 35.4 Å². The number of benzene rings is 1. The number of ether oxygens (including phenoxy) is 1. The molecular formula is C20H22N4O3. The highest BCUT2D eigenvalue weighted by atomic mass is 16.5. The van der Waals surface area contributed by atoms with E-state index in [1.54, 1.807) is 7.11 Å². The average molecular weight is 366 g/mol. The maximum absolute atomic E-state index is 13.6. The third kappa shape index (κ3) is 3.04. The Bertz CT molecular complexity index is 998. The summed E-state index contributed by atoms with van der Waals surface area (Å²) in [5, 5.41) is 8.06. The number of rotatable bonds is 3. The summed E-state index contributed by atoms with van der Waals surface area (Å²) in [5.41, 5.74) is 3.37. The van der Waals surface area contributed by atoms with Gasteiger partial charge in [0.15, 0.2) is 0 Å². The second-order valence-electron chi connectivity index (χ2n) is 6.72. The van der Waals surface area contributed by atoms with E-state index in [-0.39, 0.29) is 11.9 Å². The number of methoxy groups -OCH3 is 1. The summed E-state index contributed by atoms with van der Waals surface area (Å²) in [4.78, 5) is 19.8. The Kier molecular flexibility index (Phi) is 4.53. The second-order valence-corrected chi connectivity index (χ2v) is 6.72. The van der Waals surface area contributed by atoms with Crippen LogP contribution in [0.25, 0.3) is 11.1 Å². The van der Waals surface area contributed by atoms with Gasteiger partial charge in [-0.3, -0.25) is 4.79 Å². The second kappa shape index (κ2) is 7.00. The lowest BCUT2D eigenvalue weighted by atomic mass is 10.00. The Morgan fingerprint density at radius 2 is 2.15 bits per heavy atom. The molecule has 0 bridgehead atoms. The lowest BCUT2D eigenvalue weighted by molar-refractivity contribution is 0.0633. The quantitative estimate of drug-likeness (QED) is 0.768. The summed E-state index contributed by atoms with van der Waals surface area (Å²) < 4.78 is 10.8. The Hall–Kier alpha value is -2.93. The van der Waals surface area contributed by atoms with Crippen LogP contribution < -0.4 is 10.1 Å². The molecule has 27 heavy (non-hydrogen) atoms. The highest BCUT2D eigenvalue weighted by molar-refractivity contribution is 6.06. The van der Waals surface area contributed by atoms with Gasteiger partial charge >= 0.3 is 0 Å². The number of nitrogens with zero attached hydrogens (tertiary/aromatic N) is 3. The van der Waals surface area contributed by atoms with E-state index < -0.39 is 0 Å². The van der Waals surface area contributed by atoms with Crippen LogP contribution in [0.5, 0.6) is 5.75 Å². The van der Waals surface area contributed by atoms with Crippen molar-refractivity contribution in [2.45, 2.75) is 19.9 Å². The molecule has 140 valence electrons. The average Bonchev–Trinajstić information content (AvgIpc) is 3.07. The molecule has 7 nitrogen and oxygen atoms in total. The summed E-state index contributed by atoms with van der Waals surface area (Å²) in [6.45, 7) is 5.70. The predicted octanol–water partition coefficient (Wildman–Crippen LogP) is 2.63. The maximum atomic E-state index is 13.6. The van der Waals surface area contributed by atoms with E-state index >= 15 is 0 Å². The highest BCUT2D eigenvalue weighted by Gasteiger charge is 2.32. The van der Waals surface area contributed by atoms with Gasteiger partial charge in [-0.1, -0.05) is 23.4 Å². The van der Waals surface area contributed by atoms with Crippen molar-refractivity contribution in [3.63, 3.8) is 0 Å². The van der Waals surface area contributed by atoms with Crippen molar-refractivity contribution < 1.29 is 14.1 Å². The first-order valence-corrected chi connectivity index (χ1v) is 8.98. The number of aryl methyl sites for hydroxylation is 2. The first-order chi connectivity index (χ1) is 13.1. The number of piperazine rings is 1. The number of pyridine rings is 1. The van der Waals surface area contributed by atoms with Crippen LogP contribution in [0.2, 0.25) is 0 Å². The molecular weight excluding hydrogens is 344 g/mol. The molecule has 1 saturated heterocycles. The molecule has 0 saturated carbocycles. The minimum Gasteiger partial charge on any atom is -0.496 e. The van der Waals surface area contributed by atoms with E-state index in [1.165, 1.54) is 0 Å². The largest absolute Gasteiger partial charge is 0.496 e. The van der Waals surface area contributed by atoms with Gasteiger partial charge in [-0.25, -0.2) is 4.98 Å². The summed E-state index contributed by atoms with van der Waals surface area (Å²) >= 11 is 0. The zero-order chi connectivity index (χ0) is 19.0. The molecule has 1 atom stereocenters. The fourth-order valence-electron chi connectivity index (χ4n) is 3.71. The molecule has 1 N–H and O–H groups in total. The van der Waals surface area contributed by atoms with Gasteiger partial charge in [0, 0.05) is 30.9 Å². The zero-order valence-electron chi connectivity index (χ0n) is 15.7. The van der Waals surface area contributed by atoms with E-state index in [2.05, 4.69) is 15.5 Å². The van der Waals surface area contributed by atoms with Crippen molar-refractivity contribution >= 4 is 17.0 Å². The van der Waals surface area contributed by atoms with Crippen LogP contribution in [-0.2, 0) is 0 Å². The summed E-state index contributed by atoms with van der Waals surface area (Å²) in [6.07, 6.45) is 0.